The van der Waals surface area contributed by atoms with Crippen LogP contribution in [0, 0.1) is 0 Å². The SMILES string of the molecule is O=Cc1cnc(C(=O)N2CCc3c(-c4ccc5ocnc5c4)cccc32)s1. The Morgan fingerprint density at radius 1 is 1.22 bits per heavy atom. The first kappa shape index (κ1) is 15.9. The number of hydrogen-bond donors (Lipinski definition) is 0. The van der Waals surface area contributed by atoms with Crippen LogP contribution in [0.25, 0.3) is 22.2 Å². The molecule has 1 aliphatic heterocycles. The number of amides is 1. The quantitative estimate of drug-likeness (QED) is 0.507. The molecule has 2 aromatic heterocycles. The Balaban J connectivity index is 1.55. The van der Waals surface area contributed by atoms with Crippen molar-refractivity contribution in [1.82, 2.24) is 9.97 Å². The molecule has 0 unspecified atom stereocenters. The van der Waals surface area contributed by atoms with E-state index in [1.54, 1.807) is 4.90 Å². The average molecular weight is 375 g/mol. The zero-order valence-corrected chi connectivity index (χ0v) is 14.9. The summed E-state index contributed by atoms with van der Waals surface area (Å²) in [5, 5.41) is 0.333. The van der Waals surface area contributed by atoms with Crippen molar-refractivity contribution < 1.29 is 14.0 Å². The van der Waals surface area contributed by atoms with Gasteiger partial charge in [0.05, 0.1) is 4.88 Å². The van der Waals surface area contributed by atoms with E-state index in [9.17, 15) is 9.59 Å². The van der Waals surface area contributed by atoms with Gasteiger partial charge in [-0.3, -0.25) is 9.59 Å². The molecule has 27 heavy (non-hydrogen) atoms. The lowest BCUT2D eigenvalue weighted by molar-refractivity contribution is 0.0988. The van der Waals surface area contributed by atoms with Gasteiger partial charge >= 0.3 is 0 Å². The number of hydrogen-bond acceptors (Lipinski definition) is 6. The normalized spacial score (nSPS) is 13.1. The molecule has 6 nitrogen and oxygen atoms in total. The Kier molecular flexibility index (Phi) is 3.61. The molecule has 3 heterocycles. The summed E-state index contributed by atoms with van der Waals surface area (Å²) in [5.41, 5.74) is 5.69. The second kappa shape index (κ2) is 6.14. The predicted molar refractivity (Wildman–Crippen MR) is 102 cm³/mol. The fourth-order valence-electron chi connectivity index (χ4n) is 3.50. The van der Waals surface area contributed by atoms with Gasteiger partial charge in [0.15, 0.2) is 23.3 Å². The highest BCUT2D eigenvalue weighted by Gasteiger charge is 2.29. The zero-order valence-electron chi connectivity index (χ0n) is 14.1. The van der Waals surface area contributed by atoms with Crippen LogP contribution in [0.15, 0.2) is 53.4 Å². The van der Waals surface area contributed by atoms with Gasteiger partial charge in [0.25, 0.3) is 5.91 Å². The summed E-state index contributed by atoms with van der Waals surface area (Å²) in [6.45, 7) is 0.591. The van der Waals surface area contributed by atoms with Crippen molar-refractivity contribution in [1.29, 1.82) is 0 Å². The molecular weight excluding hydrogens is 362 g/mol. The number of thiazole rings is 1. The zero-order chi connectivity index (χ0) is 18.4. The van der Waals surface area contributed by atoms with Crippen LogP contribution in [0.1, 0.15) is 25.0 Å². The fourth-order valence-corrected chi connectivity index (χ4v) is 4.18. The maximum absolute atomic E-state index is 12.9. The summed E-state index contributed by atoms with van der Waals surface area (Å²) in [4.78, 5) is 34.2. The first-order valence-electron chi connectivity index (χ1n) is 8.43. The lowest BCUT2D eigenvalue weighted by Crippen LogP contribution is -2.28. The van der Waals surface area contributed by atoms with Crippen LogP contribution in [0.4, 0.5) is 5.69 Å². The number of rotatable bonds is 3. The third-order valence-electron chi connectivity index (χ3n) is 4.74. The number of oxazole rings is 1. The third-order valence-corrected chi connectivity index (χ3v) is 5.65. The number of carbonyl (C=O) groups excluding carboxylic acids is 2. The standard InChI is InChI=1S/C20H13N3O3S/c24-10-13-9-21-19(27-13)20(25)23-7-6-15-14(2-1-3-17(15)23)12-4-5-18-16(8-12)22-11-26-18/h1-5,8-11H,6-7H2. The van der Waals surface area contributed by atoms with Crippen molar-refractivity contribution >= 4 is 40.3 Å². The van der Waals surface area contributed by atoms with Gasteiger partial charge in [-0.2, -0.15) is 0 Å². The van der Waals surface area contributed by atoms with Gasteiger partial charge in [-0.15, -0.1) is 11.3 Å². The van der Waals surface area contributed by atoms with Crippen LogP contribution in [-0.2, 0) is 6.42 Å². The number of aldehydes is 1. The Morgan fingerprint density at radius 2 is 2.15 bits per heavy atom. The molecule has 0 spiro atoms. The van der Waals surface area contributed by atoms with Crippen LogP contribution < -0.4 is 4.90 Å². The van der Waals surface area contributed by atoms with Gasteiger partial charge in [0, 0.05) is 18.4 Å². The monoisotopic (exact) mass is 375 g/mol. The van der Waals surface area contributed by atoms with Gasteiger partial charge in [-0.1, -0.05) is 18.2 Å². The highest BCUT2D eigenvalue weighted by Crippen LogP contribution is 2.37. The second-order valence-corrected chi connectivity index (χ2v) is 7.29. The summed E-state index contributed by atoms with van der Waals surface area (Å²) in [6, 6.07) is 11.9. The number of carbonyl (C=O) groups is 2. The van der Waals surface area contributed by atoms with Gasteiger partial charge in [0.2, 0.25) is 0 Å². The minimum Gasteiger partial charge on any atom is -0.443 e. The molecule has 2 aromatic carbocycles. The summed E-state index contributed by atoms with van der Waals surface area (Å²) in [7, 11) is 0. The van der Waals surface area contributed by atoms with E-state index < -0.39 is 0 Å². The van der Waals surface area contributed by atoms with Gasteiger partial charge in [0.1, 0.15) is 5.52 Å². The van der Waals surface area contributed by atoms with Crippen molar-refractivity contribution in [3.63, 3.8) is 0 Å². The molecule has 4 aromatic rings. The highest BCUT2D eigenvalue weighted by atomic mass is 32.1. The Morgan fingerprint density at radius 3 is 3.00 bits per heavy atom. The van der Waals surface area contributed by atoms with Crippen molar-refractivity contribution in [2.24, 2.45) is 0 Å². The predicted octanol–water partition coefficient (Wildman–Crippen LogP) is 3.97. The smallest absolute Gasteiger partial charge is 0.287 e. The molecular formula is C20H13N3O3S. The summed E-state index contributed by atoms with van der Waals surface area (Å²) in [5.74, 6) is -0.170. The fraction of sp³-hybridized carbons (Fsp3) is 0.100. The minimum atomic E-state index is -0.170. The molecule has 132 valence electrons. The van der Waals surface area contributed by atoms with E-state index in [4.69, 9.17) is 4.42 Å². The van der Waals surface area contributed by atoms with Crippen LogP contribution >= 0.6 is 11.3 Å². The van der Waals surface area contributed by atoms with Crippen LogP contribution in [0.2, 0.25) is 0 Å². The van der Waals surface area contributed by atoms with Gasteiger partial charge < -0.3 is 9.32 Å². The highest BCUT2D eigenvalue weighted by molar-refractivity contribution is 7.15. The number of benzene rings is 2. The van der Waals surface area contributed by atoms with E-state index in [1.165, 1.54) is 12.6 Å². The van der Waals surface area contributed by atoms with E-state index in [2.05, 4.69) is 16.0 Å². The largest absolute Gasteiger partial charge is 0.443 e. The lowest BCUT2D eigenvalue weighted by Gasteiger charge is -2.16. The molecule has 1 amide bonds. The second-order valence-electron chi connectivity index (χ2n) is 6.23. The van der Waals surface area contributed by atoms with Gasteiger partial charge in [-0.25, -0.2) is 9.97 Å². The number of anilines is 1. The van der Waals surface area contributed by atoms with Crippen molar-refractivity contribution in [2.45, 2.75) is 6.42 Å². The number of aromatic nitrogens is 2. The van der Waals surface area contributed by atoms with Crippen molar-refractivity contribution in [3.05, 3.63) is 64.4 Å². The molecule has 0 N–H and O–H groups in total. The minimum absolute atomic E-state index is 0.170. The van der Waals surface area contributed by atoms with Crippen molar-refractivity contribution in [3.8, 4) is 11.1 Å². The summed E-state index contributed by atoms with van der Waals surface area (Å²) >= 11 is 1.12. The summed E-state index contributed by atoms with van der Waals surface area (Å²) in [6.07, 6.45) is 4.35. The Labute approximate surface area is 158 Å². The Bertz CT molecular complexity index is 1190. The van der Waals surface area contributed by atoms with Crippen molar-refractivity contribution in [2.75, 3.05) is 11.4 Å². The van der Waals surface area contributed by atoms with Crippen LogP contribution in [0.3, 0.4) is 0 Å². The number of fused-ring (bicyclic) bond motifs is 2. The van der Waals surface area contributed by atoms with Gasteiger partial charge in [-0.05, 0) is 41.3 Å². The maximum Gasteiger partial charge on any atom is 0.287 e. The first-order valence-corrected chi connectivity index (χ1v) is 9.24. The molecule has 0 bridgehead atoms. The molecule has 0 radical (unpaired) electrons. The van der Waals surface area contributed by atoms with Crippen LogP contribution in [-0.4, -0.2) is 28.7 Å². The molecule has 0 saturated heterocycles. The maximum atomic E-state index is 12.9. The lowest BCUT2D eigenvalue weighted by atomic mass is 9.97. The Hall–Kier alpha value is -3.32. The van der Waals surface area contributed by atoms with E-state index in [1.807, 2.05) is 30.3 Å². The molecule has 0 aliphatic carbocycles. The van der Waals surface area contributed by atoms with E-state index >= 15 is 0 Å². The molecule has 0 atom stereocenters. The molecule has 0 saturated carbocycles. The molecule has 7 heteroatoms. The summed E-state index contributed by atoms with van der Waals surface area (Å²) < 4.78 is 5.32. The topological polar surface area (TPSA) is 76.3 Å². The first-order chi connectivity index (χ1) is 13.2. The molecule has 1 aliphatic rings. The third kappa shape index (κ3) is 2.55. The van der Waals surface area contributed by atoms with E-state index in [0.29, 0.717) is 22.7 Å². The van der Waals surface area contributed by atoms with Crippen LogP contribution in [0.5, 0.6) is 0 Å². The van der Waals surface area contributed by atoms with E-state index in [-0.39, 0.29) is 5.91 Å². The number of nitrogens with zero attached hydrogens (tertiary/aromatic N) is 3. The molecule has 5 rings (SSSR count). The van der Waals surface area contributed by atoms with E-state index in [0.717, 1.165) is 51.2 Å². The average Bonchev–Trinajstić information content (AvgIpc) is 3.45. The molecule has 0 fully saturated rings.